The van der Waals surface area contributed by atoms with Gasteiger partial charge >= 0.3 is 5.97 Å². The van der Waals surface area contributed by atoms with Crippen molar-refractivity contribution in [3.05, 3.63) is 15.6 Å². The van der Waals surface area contributed by atoms with E-state index in [1.54, 1.807) is 0 Å². The second-order valence-electron chi connectivity index (χ2n) is 6.28. The van der Waals surface area contributed by atoms with E-state index in [4.69, 9.17) is 9.72 Å². The molecule has 2 aliphatic carbocycles. The molecule has 0 aliphatic heterocycles. The molecular formula is C16H24N2O2S. The van der Waals surface area contributed by atoms with Crippen molar-refractivity contribution in [3.8, 4) is 0 Å². The van der Waals surface area contributed by atoms with Crippen LogP contribution in [0.4, 0.5) is 0 Å². The van der Waals surface area contributed by atoms with Crippen LogP contribution >= 0.6 is 11.3 Å². The zero-order chi connectivity index (χ0) is 14.7. The first-order chi connectivity index (χ1) is 10.2. The minimum atomic E-state index is -0.106. The van der Waals surface area contributed by atoms with E-state index in [-0.39, 0.29) is 11.5 Å². The third-order valence-corrected chi connectivity index (χ3v) is 5.93. The van der Waals surface area contributed by atoms with Crippen LogP contribution in [0.5, 0.6) is 0 Å². The lowest BCUT2D eigenvalue weighted by Gasteiger charge is -2.37. The SMILES string of the molecule is COC(=O)CC1(NCc2nc3c(s2)CCC3)CCCCC1. The van der Waals surface area contributed by atoms with Crippen molar-refractivity contribution < 1.29 is 9.53 Å². The number of fused-ring (bicyclic) bond motifs is 1. The summed E-state index contributed by atoms with van der Waals surface area (Å²) < 4.78 is 4.89. The van der Waals surface area contributed by atoms with E-state index < -0.39 is 0 Å². The van der Waals surface area contributed by atoms with Crippen molar-refractivity contribution in [1.29, 1.82) is 0 Å². The number of ether oxygens (including phenoxy) is 1. The molecule has 0 spiro atoms. The van der Waals surface area contributed by atoms with Gasteiger partial charge in [-0.15, -0.1) is 11.3 Å². The van der Waals surface area contributed by atoms with Gasteiger partial charge in [-0.3, -0.25) is 4.79 Å². The Labute approximate surface area is 130 Å². The summed E-state index contributed by atoms with van der Waals surface area (Å²) >= 11 is 1.84. The number of aromatic nitrogens is 1. The Morgan fingerprint density at radius 3 is 2.81 bits per heavy atom. The number of carbonyl (C=O) groups excluding carboxylic acids is 1. The van der Waals surface area contributed by atoms with Gasteiger partial charge in [-0.1, -0.05) is 19.3 Å². The molecule has 4 nitrogen and oxygen atoms in total. The molecule has 0 radical (unpaired) electrons. The quantitative estimate of drug-likeness (QED) is 0.850. The predicted molar refractivity (Wildman–Crippen MR) is 83.4 cm³/mol. The van der Waals surface area contributed by atoms with Crippen molar-refractivity contribution in [2.45, 2.75) is 69.9 Å². The largest absolute Gasteiger partial charge is 0.469 e. The Morgan fingerprint density at radius 2 is 2.10 bits per heavy atom. The molecule has 5 heteroatoms. The molecule has 0 atom stereocenters. The third kappa shape index (κ3) is 3.46. The fourth-order valence-corrected chi connectivity index (χ4v) is 4.67. The van der Waals surface area contributed by atoms with Crippen LogP contribution in [-0.2, 0) is 28.9 Å². The Balaban J connectivity index is 1.64. The number of aryl methyl sites for hydroxylation is 2. The molecule has 0 saturated heterocycles. The first-order valence-electron chi connectivity index (χ1n) is 8.00. The lowest BCUT2D eigenvalue weighted by molar-refractivity contribution is -0.142. The lowest BCUT2D eigenvalue weighted by Crippen LogP contribution is -2.48. The van der Waals surface area contributed by atoms with E-state index in [1.165, 1.54) is 54.8 Å². The smallest absolute Gasteiger partial charge is 0.307 e. The molecular weight excluding hydrogens is 284 g/mol. The molecule has 0 aromatic carbocycles. The molecule has 1 aromatic heterocycles. The Hall–Kier alpha value is -0.940. The maximum atomic E-state index is 11.7. The van der Waals surface area contributed by atoms with E-state index >= 15 is 0 Å². The van der Waals surface area contributed by atoms with Crippen molar-refractivity contribution in [3.63, 3.8) is 0 Å². The fourth-order valence-electron chi connectivity index (χ4n) is 3.58. The van der Waals surface area contributed by atoms with Crippen LogP contribution in [-0.4, -0.2) is 23.6 Å². The van der Waals surface area contributed by atoms with Crippen LogP contribution in [0.3, 0.4) is 0 Å². The highest BCUT2D eigenvalue weighted by Gasteiger charge is 2.34. The number of thiazole rings is 1. The van der Waals surface area contributed by atoms with Gasteiger partial charge in [0.2, 0.25) is 0 Å². The van der Waals surface area contributed by atoms with Crippen LogP contribution in [0.2, 0.25) is 0 Å². The first-order valence-corrected chi connectivity index (χ1v) is 8.82. The van der Waals surface area contributed by atoms with Gasteiger partial charge in [-0.2, -0.15) is 0 Å². The normalized spacial score (nSPS) is 20.2. The van der Waals surface area contributed by atoms with Crippen LogP contribution in [0.15, 0.2) is 0 Å². The van der Waals surface area contributed by atoms with Gasteiger partial charge in [-0.25, -0.2) is 4.98 Å². The van der Waals surface area contributed by atoms with E-state index in [0.717, 1.165) is 25.8 Å². The topological polar surface area (TPSA) is 51.2 Å². The number of hydrogen-bond donors (Lipinski definition) is 1. The average Bonchev–Trinajstić information content (AvgIpc) is 3.07. The minimum Gasteiger partial charge on any atom is -0.469 e. The second-order valence-corrected chi connectivity index (χ2v) is 7.45. The van der Waals surface area contributed by atoms with Crippen molar-refractivity contribution >= 4 is 17.3 Å². The summed E-state index contributed by atoms with van der Waals surface area (Å²) in [5, 5.41) is 4.83. The molecule has 1 N–H and O–H groups in total. The van der Waals surface area contributed by atoms with Crippen molar-refractivity contribution in [2.75, 3.05) is 7.11 Å². The second kappa shape index (κ2) is 6.44. The Morgan fingerprint density at radius 1 is 1.29 bits per heavy atom. The zero-order valence-electron chi connectivity index (χ0n) is 12.7. The summed E-state index contributed by atoms with van der Waals surface area (Å²) in [6, 6.07) is 0. The molecule has 1 fully saturated rings. The van der Waals surface area contributed by atoms with Gasteiger partial charge in [0, 0.05) is 17.0 Å². The van der Waals surface area contributed by atoms with E-state index in [0.29, 0.717) is 6.42 Å². The molecule has 0 amide bonds. The van der Waals surface area contributed by atoms with E-state index in [9.17, 15) is 4.79 Å². The van der Waals surface area contributed by atoms with E-state index in [2.05, 4.69) is 5.32 Å². The zero-order valence-corrected chi connectivity index (χ0v) is 13.6. The lowest BCUT2D eigenvalue weighted by atomic mass is 9.79. The minimum absolute atomic E-state index is 0.0819. The van der Waals surface area contributed by atoms with Crippen LogP contribution in [0.1, 0.15) is 60.5 Å². The van der Waals surface area contributed by atoms with Gasteiger partial charge < -0.3 is 10.1 Å². The number of hydrogen-bond acceptors (Lipinski definition) is 5. The number of carbonyl (C=O) groups is 1. The number of nitrogens with zero attached hydrogens (tertiary/aromatic N) is 1. The molecule has 116 valence electrons. The number of rotatable bonds is 5. The van der Waals surface area contributed by atoms with Gasteiger partial charge in [0.25, 0.3) is 0 Å². The molecule has 1 aromatic rings. The highest BCUT2D eigenvalue weighted by atomic mass is 32.1. The van der Waals surface area contributed by atoms with Gasteiger partial charge in [0.1, 0.15) is 5.01 Å². The van der Waals surface area contributed by atoms with E-state index in [1.807, 2.05) is 11.3 Å². The summed E-state index contributed by atoms with van der Waals surface area (Å²) in [4.78, 5) is 18.0. The molecule has 0 bridgehead atoms. The van der Waals surface area contributed by atoms with Crippen LogP contribution in [0.25, 0.3) is 0 Å². The maximum absolute atomic E-state index is 11.7. The summed E-state index contributed by atoms with van der Waals surface area (Å²) in [7, 11) is 1.48. The van der Waals surface area contributed by atoms with Crippen molar-refractivity contribution in [2.24, 2.45) is 0 Å². The van der Waals surface area contributed by atoms with Gasteiger partial charge in [0.05, 0.1) is 19.2 Å². The highest BCUT2D eigenvalue weighted by molar-refractivity contribution is 7.11. The molecule has 1 saturated carbocycles. The number of esters is 1. The van der Waals surface area contributed by atoms with Gasteiger partial charge in [-0.05, 0) is 32.1 Å². The Bertz CT molecular complexity index is 485. The molecule has 2 aliphatic rings. The van der Waals surface area contributed by atoms with Crippen LogP contribution < -0.4 is 5.32 Å². The Kier molecular flexibility index (Phi) is 4.60. The third-order valence-electron chi connectivity index (χ3n) is 4.78. The molecule has 1 heterocycles. The first kappa shape index (κ1) is 15.0. The summed E-state index contributed by atoms with van der Waals surface area (Å²) in [6.45, 7) is 0.786. The van der Waals surface area contributed by atoms with Crippen molar-refractivity contribution in [1.82, 2.24) is 10.3 Å². The monoisotopic (exact) mass is 308 g/mol. The average molecular weight is 308 g/mol. The standard InChI is InChI=1S/C16H24N2O2S/c1-20-15(19)10-16(8-3-2-4-9-16)17-11-14-18-12-6-5-7-13(12)21-14/h17H,2-11H2,1H3. The fraction of sp³-hybridized carbons (Fsp3) is 0.750. The maximum Gasteiger partial charge on any atom is 0.307 e. The number of methoxy groups -OCH3 is 1. The number of nitrogens with one attached hydrogen (secondary N) is 1. The van der Waals surface area contributed by atoms with Gasteiger partial charge in [0.15, 0.2) is 0 Å². The summed E-state index contributed by atoms with van der Waals surface area (Å²) in [6.07, 6.45) is 9.86. The highest BCUT2D eigenvalue weighted by Crippen LogP contribution is 2.33. The van der Waals surface area contributed by atoms with Crippen LogP contribution in [0, 0.1) is 0 Å². The molecule has 0 unspecified atom stereocenters. The molecule has 3 rings (SSSR count). The molecule has 21 heavy (non-hydrogen) atoms. The summed E-state index contributed by atoms with van der Waals surface area (Å²) in [5.41, 5.74) is 1.23. The predicted octanol–water partition coefficient (Wildman–Crippen LogP) is 2.99. The summed E-state index contributed by atoms with van der Waals surface area (Å²) in [5.74, 6) is -0.106.